The van der Waals surface area contributed by atoms with Crippen LogP contribution in [0.5, 0.6) is 0 Å². The Labute approximate surface area is 139 Å². The highest BCUT2D eigenvalue weighted by Crippen LogP contribution is 2.36. The van der Waals surface area contributed by atoms with Crippen molar-refractivity contribution in [2.45, 2.75) is 31.8 Å². The molecule has 122 valence electrons. The lowest BCUT2D eigenvalue weighted by molar-refractivity contribution is 0.0952. The third-order valence-corrected chi connectivity index (χ3v) is 3.79. The second-order valence-corrected chi connectivity index (χ2v) is 5.56. The van der Waals surface area contributed by atoms with E-state index in [0.717, 1.165) is 6.42 Å². The SMILES string of the molecule is C#CCCC1(CCNC(=O)c2ccccc2-c2nnc(C)o2)N=N1. The molecule has 3 rings (SSSR count). The first-order chi connectivity index (χ1) is 11.6. The maximum atomic E-state index is 12.5. The van der Waals surface area contributed by atoms with E-state index in [0.29, 0.717) is 42.3 Å². The molecule has 1 aliphatic heterocycles. The molecule has 0 atom stereocenters. The van der Waals surface area contributed by atoms with E-state index in [9.17, 15) is 4.79 Å². The van der Waals surface area contributed by atoms with Crippen LogP contribution >= 0.6 is 0 Å². The molecule has 7 nitrogen and oxygen atoms in total. The highest BCUT2D eigenvalue weighted by molar-refractivity contribution is 5.99. The number of hydrogen-bond acceptors (Lipinski definition) is 6. The van der Waals surface area contributed by atoms with Crippen LogP contribution in [-0.4, -0.2) is 28.3 Å². The van der Waals surface area contributed by atoms with Gasteiger partial charge >= 0.3 is 0 Å². The fourth-order valence-corrected chi connectivity index (χ4v) is 2.41. The van der Waals surface area contributed by atoms with Crippen molar-refractivity contribution in [2.75, 3.05) is 6.54 Å². The lowest BCUT2D eigenvalue weighted by atomic mass is 10.0. The number of amides is 1. The molecule has 24 heavy (non-hydrogen) atoms. The largest absolute Gasteiger partial charge is 0.421 e. The van der Waals surface area contributed by atoms with Crippen LogP contribution in [0.2, 0.25) is 0 Å². The van der Waals surface area contributed by atoms with E-state index >= 15 is 0 Å². The van der Waals surface area contributed by atoms with Crippen molar-refractivity contribution in [2.24, 2.45) is 10.2 Å². The van der Waals surface area contributed by atoms with E-state index in [1.54, 1.807) is 25.1 Å². The zero-order chi connectivity index (χ0) is 17.0. The molecule has 1 aromatic carbocycles. The molecule has 1 aromatic heterocycles. The minimum atomic E-state index is -0.400. The third kappa shape index (κ3) is 3.49. The van der Waals surface area contributed by atoms with Crippen molar-refractivity contribution in [1.82, 2.24) is 15.5 Å². The maximum Gasteiger partial charge on any atom is 0.252 e. The monoisotopic (exact) mass is 323 g/mol. The lowest BCUT2D eigenvalue weighted by Crippen LogP contribution is -2.28. The van der Waals surface area contributed by atoms with Gasteiger partial charge in [0.15, 0.2) is 5.66 Å². The molecule has 0 radical (unpaired) electrons. The molecule has 2 heterocycles. The van der Waals surface area contributed by atoms with Gasteiger partial charge in [0.2, 0.25) is 11.8 Å². The Morgan fingerprint density at radius 3 is 2.75 bits per heavy atom. The first-order valence-electron chi connectivity index (χ1n) is 7.69. The molecule has 2 aromatic rings. The second kappa shape index (κ2) is 6.62. The number of carbonyl (C=O) groups excluding carboxylic acids is 1. The normalized spacial score (nSPS) is 14.2. The number of benzene rings is 1. The molecule has 0 spiro atoms. The minimum absolute atomic E-state index is 0.200. The van der Waals surface area contributed by atoms with Crippen molar-refractivity contribution in [3.8, 4) is 23.8 Å². The molecule has 7 heteroatoms. The van der Waals surface area contributed by atoms with Crippen LogP contribution in [0.4, 0.5) is 0 Å². The lowest BCUT2D eigenvalue weighted by Gasteiger charge is -2.11. The third-order valence-electron chi connectivity index (χ3n) is 3.79. The van der Waals surface area contributed by atoms with E-state index in [2.05, 4.69) is 31.7 Å². The molecule has 0 fully saturated rings. The Kier molecular flexibility index (Phi) is 4.38. The van der Waals surface area contributed by atoms with Crippen molar-refractivity contribution < 1.29 is 9.21 Å². The van der Waals surface area contributed by atoms with Crippen LogP contribution < -0.4 is 5.32 Å². The number of hydrogen-bond donors (Lipinski definition) is 1. The van der Waals surface area contributed by atoms with Crippen molar-refractivity contribution in [3.05, 3.63) is 35.7 Å². The number of aryl methyl sites for hydroxylation is 1. The number of nitrogens with zero attached hydrogens (tertiary/aromatic N) is 4. The minimum Gasteiger partial charge on any atom is -0.421 e. The highest BCUT2D eigenvalue weighted by Gasteiger charge is 2.38. The Bertz CT molecular complexity index is 812. The average molecular weight is 323 g/mol. The summed E-state index contributed by atoms with van der Waals surface area (Å²) in [4.78, 5) is 12.5. The molecule has 1 N–H and O–H groups in total. The quantitative estimate of drug-likeness (QED) is 0.793. The summed E-state index contributed by atoms with van der Waals surface area (Å²) >= 11 is 0. The van der Waals surface area contributed by atoms with Gasteiger partial charge in [-0.1, -0.05) is 12.1 Å². The summed E-state index contributed by atoms with van der Waals surface area (Å²) in [7, 11) is 0. The van der Waals surface area contributed by atoms with E-state index < -0.39 is 5.66 Å². The molecular formula is C17H17N5O2. The summed E-state index contributed by atoms with van der Waals surface area (Å²) in [5, 5.41) is 18.8. The molecule has 0 saturated heterocycles. The molecule has 1 amide bonds. The van der Waals surface area contributed by atoms with Crippen LogP contribution in [0.1, 0.15) is 35.5 Å². The summed E-state index contributed by atoms with van der Waals surface area (Å²) in [5.41, 5.74) is 0.699. The topological polar surface area (TPSA) is 92.7 Å². The molecular weight excluding hydrogens is 306 g/mol. The van der Waals surface area contributed by atoms with Crippen molar-refractivity contribution in [1.29, 1.82) is 0 Å². The van der Waals surface area contributed by atoms with Gasteiger partial charge in [0.1, 0.15) is 0 Å². The number of terminal acetylenes is 1. The Morgan fingerprint density at radius 2 is 2.08 bits per heavy atom. The average Bonchev–Trinajstić information content (AvgIpc) is 3.23. The van der Waals surface area contributed by atoms with Gasteiger partial charge in [0.05, 0.1) is 11.1 Å². The number of aromatic nitrogens is 2. The zero-order valence-electron chi connectivity index (χ0n) is 13.3. The molecule has 0 aliphatic carbocycles. The van der Waals surface area contributed by atoms with Gasteiger partial charge in [0.25, 0.3) is 5.91 Å². The van der Waals surface area contributed by atoms with Gasteiger partial charge in [0, 0.05) is 32.7 Å². The van der Waals surface area contributed by atoms with Crippen LogP contribution in [0, 0.1) is 19.3 Å². The predicted octanol–water partition coefficient (Wildman–Crippen LogP) is 2.74. The van der Waals surface area contributed by atoms with Crippen LogP contribution in [-0.2, 0) is 0 Å². The highest BCUT2D eigenvalue weighted by atomic mass is 16.4. The van der Waals surface area contributed by atoms with Gasteiger partial charge in [-0.2, -0.15) is 10.2 Å². The number of rotatable bonds is 7. The molecule has 0 bridgehead atoms. The van der Waals surface area contributed by atoms with Gasteiger partial charge in [-0.05, 0) is 12.1 Å². The van der Waals surface area contributed by atoms with Gasteiger partial charge in [-0.3, -0.25) is 4.79 Å². The fourth-order valence-electron chi connectivity index (χ4n) is 2.41. The van der Waals surface area contributed by atoms with E-state index in [-0.39, 0.29) is 5.91 Å². The van der Waals surface area contributed by atoms with E-state index in [1.807, 2.05) is 6.07 Å². The summed E-state index contributed by atoms with van der Waals surface area (Å²) in [6, 6.07) is 7.12. The Balaban J connectivity index is 1.63. The van der Waals surface area contributed by atoms with Gasteiger partial charge in [-0.15, -0.1) is 22.5 Å². The summed E-state index contributed by atoms with van der Waals surface area (Å²) < 4.78 is 5.42. The number of nitrogens with one attached hydrogen (secondary N) is 1. The van der Waals surface area contributed by atoms with Gasteiger partial charge in [-0.25, -0.2) is 0 Å². The van der Waals surface area contributed by atoms with E-state index in [1.165, 1.54) is 0 Å². The second-order valence-electron chi connectivity index (χ2n) is 5.56. The first kappa shape index (κ1) is 15.9. The first-order valence-corrected chi connectivity index (χ1v) is 7.69. The van der Waals surface area contributed by atoms with Crippen molar-refractivity contribution in [3.63, 3.8) is 0 Å². The molecule has 1 aliphatic rings. The molecule has 0 saturated carbocycles. The standard InChI is InChI=1S/C17H17N5O2/c1-3-4-9-17(21-22-17)10-11-18-15(23)13-7-5-6-8-14(13)16-20-19-12(2)24-16/h1,5-8H,4,9-11H2,2H3,(H,18,23). The summed E-state index contributed by atoms with van der Waals surface area (Å²) in [5.74, 6) is 3.17. The summed E-state index contributed by atoms with van der Waals surface area (Å²) in [6.07, 6.45) is 7.25. The van der Waals surface area contributed by atoms with Crippen LogP contribution in [0.15, 0.2) is 38.9 Å². The molecule has 0 unspecified atom stereocenters. The van der Waals surface area contributed by atoms with Crippen LogP contribution in [0.25, 0.3) is 11.5 Å². The van der Waals surface area contributed by atoms with Crippen molar-refractivity contribution >= 4 is 5.91 Å². The van der Waals surface area contributed by atoms with E-state index in [4.69, 9.17) is 10.8 Å². The Morgan fingerprint density at radius 1 is 1.29 bits per heavy atom. The van der Waals surface area contributed by atoms with Gasteiger partial charge < -0.3 is 9.73 Å². The zero-order valence-corrected chi connectivity index (χ0v) is 13.3. The smallest absolute Gasteiger partial charge is 0.252 e. The predicted molar refractivity (Wildman–Crippen MR) is 87.1 cm³/mol. The Hall–Kier alpha value is -3.01. The summed E-state index contributed by atoms with van der Waals surface area (Å²) in [6.45, 7) is 2.17. The number of carbonyl (C=O) groups is 1. The maximum absolute atomic E-state index is 12.5. The fraction of sp³-hybridized carbons (Fsp3) is 0.353. The van der Waals surface area contributed by atoms with Crippen LogP contribution in [0.3, 0.4) is 0 Å².